The summed E-state index contributed by atoms with van der Waals surface area (Å²) in [5.74, 6) is -3.98. The molecule has 0 radical (unpaired) electrons. The maximum atomic E-state index is 15.7. The molecule has 2 aromatic carbocycles. The summed E-state index contributed by atoms with van der Waals surface area (Å²) < 4.78 is 90.5. The molecule has 0 amide bonds. The molecule has 0 spiro atoms. The van der Waals surface area contributed by atoms with Gasteiger partial charge in [-0.1, -0.05) is 18.2 Å². The Morgan fingerprint density at radius 3 is 2.46 bits per heavy atom. The maximum Gasteiger partial charge on any atom is 0.395 e. The van der Waals surface area contributed by atoms with E-state index in [9.17, 15) is 22.7 Å². The second-order valence-corrected chi connectivity index (χ2v) is 10.6. The molecule has 0 unspecified atom stereocenters. The lowest BCUT2D eigenvalue weighted by Gasteiger charge is -2.42. The number of benzene rings is 2. The first-order chi connectivity index (χ1) is 18.6. The Labute approximate surface area is 222 Å². The van der Waals surface area contributed by atoms with E-state index in [0.717, 1.165) is 28.6 Å². The van der Waals surface area contributed by atoms with Gasteiger partial charge >= 0.3 is 6.18 Å². The maximum absolute atomic E-state index is 15.7. The van der Waals surface area contributed by atoms with E-state index in [-0.39, 0.29) is 30.5 Å². The number of nitrogens with zero attached hydrogens (tertiary/aromatic N) is 2. The molecule has 1 fully saturated rings. The zero-order chi connectivity index (χ0) is 27.9. The number of aromatic nitrogens is 1. The van der Waals surface area contributed by atoms with E-state index in [1.54, 1.807) is 13.0 Å². The quantitative estimate of drug-likeness (QED) is 0.355. The highest BCUT2D eigenvalue weighted by Gasteiger charge is 2.45. The first-order valence-electron chi connectivity index (χ1n) is 13.0. The number of hydrogen-bond donors (Lipinski definition) is 2. The highest BCUT2D eigenvalue weighted by atomic mass is 19.4. The smallest absolute Gasteiger partial charge is 0.395 e. The minimum absolute atomic E-state index is 0.0114. The minimum atomic E-state index is -4.69. The molecule has 2 aliphatic heterocycles. The van der Waals surface area contributed by atoms with E-state index in [4.69, 9.17) is 4.74 Å². The molecule has 1 saturated heterocycles. The Kier molecular flexibility index (Phi) is 7.85. The third-order valence-corrected chi connectivity index (χ3v) is 7.89. The molecule has 11 heteroatoms. The Morgan fingerprint density at radius 1 is 1.13 bits per heavy atom. The molecule has 0 aliphatic carbocycles. The minimum Gasteiger partial charge on any atom is -0.492 e. The number of aliphatic hydroxyl groups excluding tert-OH is 1. The van der Waals surface area contributed by atoms with Crippen LogP contribution >= 0.6 is 0 Å². The van der Waals surface area contributed by atoms with Crippen LogP contribution < -0.4 is 4.74 Å². The van der Waals surface area contributed by atoms with Crippen molar-refractivity contribution in [3.8, 4) is 5.75 Å². The zero-order valence-electron chi connectivity index (χ0n) is 21.4. The molecule has 3 aromatic rings. The van der Waals surface area contributed by atoms with Crippen molar-refractivity contribution < 1.29 is 36.2 Å². The Morgan fingerprint density at radius 2 is 1.82 bits per heavy atom. The van der Waals surface area contributed by atoms with Crippen molar-refractivity contribution in [1.29, 1.82) is 0 Å². The third kappa shape index (κ3) is 5.49. The lowest BCUT2D eigenvalue weighted by molar-refractivity contribution is -0.191. The summed E-state index contributed by atoms with van der Waals surface area (Å²) in [7, 11) is 0. The topological polar surface area (TPSA) is 51.7 Å². The van der Waals surface area contributed by atoms with Gasteiger partial charge in [0.05, 0.1) is 25.2 Å². The van der Waals surface area contributed by atoms with Crippen LogP contribution in [0.1, 0.15) is 29.8 Å². The number of fused-ring (bicyclic) bond motifs is 3. The molecular formula is C28H31F6N3O2. The normalized spacial score (nSPS) is 21.6. The van der Waals surface area contributed by atoms with Gasteiger partial charge < -0.3 is 14.8 Å². The number of para-hydroxylation sites is 1. The fourth-order valence-electron chi connectivity index (χ4n) is 5.78. The highest BCUT2D eigenvalue weighted by molar-refractivity contribution is 5.85. The van der Waals surface area contributed by atoms with E-state index in [0.29, 0.717) is 31.7 Å². The van der Waals surface area contributed by atoms with Gasteiger partial charge in [0.1, 0.15) is 24.0 Å². The van der Waals surface area contributed by atoms with Crippen LogP contribution in [0.15, 0.2) is 36.4 Å². The molecule has 1 aromatic heterocycles. The summed E-state index contributed by atoms with van der Waals surface area (Å²) in [6.45, 7) is 1.42. The number of nitrogens with one attached hydrogen (secondary N) is 1. The Balaban J connectivity index is 1.48. The van der Waals surface area contributed by atoms with Gasteiger partial charge in [-0.05, 0) is 25.0 Å². The highest BCUT2D eigenvalue weighted by Crippen LogP contribution is 2.44. The van der Waals surface area contributed by atoms with Crippen molar-refractivity contribution in [2.45, 2.75) is 31.6 Å². The van der Waals surface area contributed by atoms with Crippen LogP contribution in [0.3, 0.4) is 0 Å². The van der Waals surface area contributed by atoms with Crippen molar-refractivity contribution in [3.63, 3.8) is 0 Å². The van der Waals surface area contributed by atoms with Gasteiger partial charge in [-0.25, -0.2) is 8.78 Å². The summed E-state index contributed by atoms with van der Waals surface area (Å²) >= 11 is 0. The molecule has 2 aliphatic rings. The van der Waals surface area contributed by atoms with Gasteiger partial charge in [0.25, 0.3) is 0 Å². The van der Waals surface area contributed by atoms with Crippen LogP contribution in [0.2, 0.25) is 0 Å². The lowest BCUT2D eigenvalue weighted by atomic mass is 9.87. The summed E-state index contributed by atoms with van der Waals surface area (Å²) in [6.07, 6.45) is -4.31. The van der Waals surface area contributed by atoms with E-state index in [2.05, 4.69) is 4.98 Å². The Hall–Kier alpha value is -2.76. The lowest BCUT2D eigenvalue weighted by Crippen LogP contribution is -2.49. The molecule has 3 atom stereocenters. The van der Waals surface area contributed by atoms with Crippen molar-refractivity contribution in [2.24, 2.45) is 11.8 Å². The number of aliphatic hydroxyl groups is 1. The average Bonchev–Trinajstić information content (AvgIpc) is 3.21. The number of hydrogen-bond acceptors (Lipinski definition) is 4. The van der Waals surface area contributed by atoms with Crippen molar-refractivity contribution in [3.05, 3.63) is 64.9 Å². The van der Waals surface area contributed by atoms with Gasteiger partial charge in [0, 0.05) is 72.4 Å². The number of likely N-dealkylation sites (tertiary alicyclic amines) is 1. The molecule has 2 N–H and O–H groups in total. The SMILES string of the molecule is C[C@@H]1Cc2c([nH]c3ccccc23)[C@@H](c2c(F)cc(OCCN3CC(CF)C3)cc2F)N1C[C@@H](CO)C(F)(F)F. The van der Waals surface area contributed by atoms with Gasteiger partial charge in [0.15, 0.2) is 0 Å². The predicted molar refractivity (Wildman–Crippen MR) is 134 cm³/mol. The summed E-state index contributed by atoms with van der Waals surface area (Å²) in [6, 6.07) is 7.73. The third-order valence-electron chi connectivity index (χ3n) is 7.89. The summed E-state index contributed by atoms with van der Waals surface area (Å²) in [4.78, 5) is 6.59. The van der Waals surface area contributed by atoms with E-state index >= 15 is 8.78 Å². The van der Waals surface area contributed by atoms with Crippen LogP contribution in [0.5, 0.6) is 5.75 Å². The number of aromatic amines is 1. The number of halogens is 6. The number of rotatable bonds is 9. The first kappa shape index (κ1) is 27.8. The van der Waals surface area contributed by atoms with E-state index in [1.165, 1.54) is 4.90 Å². The van der Waals surface area contributed by atoms with Crippen LogP contribution in [0.25, 0.3) is 10.9 Å². The molecule has 0 saturated carbocycles. The molecule has 212 valence electrons. The largest absolute Gasteiger partial charge is 0.492 e. The second-order valence-electron chi connectivity index (χ2n) is 10.6. The van der Waals surface area contributed by atoms with E-state index < -0.39 is 49.0 Å². The molecular weight excluding hydrogens is 524 g/mol. The summed E-state index contributed by atoms with van der Waals surface area (Å²) in [5, 5.41) is 10.4. The number of H-pyrrole nitrogens is 1. The Bertz CT molecular complexity index is 1280. The number of ether oxygens (including phenoxy) is 1. The molecule has 5 nitrogen and oxygen atoms in total. The van der Waals surface area contributed by atoms with Crippen LogP contribution in [0.4, 0.5) is 26.3 Å². The molecule has 0 bridgehead atoms. The number of alkyl halides is 4. The summed E-state index contributed by atoms with van der Waals surface area (Å²) in [5.41, 5.74) is 1.57. The standard InChI is InChI=1S/C28H31F6N3O2/c1-16-8-21-20-4-2-3-5-24(20)35-26(21)27(37(16)14-18(15-38)28(32,33)34)25-22(30)9-19(10-23(25)31)39-7-6-36-12-17(11-29)13-36/h2-5,9-10,16-18,27,35,38H,6-8,11-15H2,1H3/t16-,18+,27-/m1/s1. The first-order valence-corrected chi connectivity index (χ1v) is 13.0. The van der Waals surface area contributed by atoms with E-state index in [1.807, 2.05) is 23.1 Å². The van der Waals surface area contributed by atoms with Crippen LogP contribution in [-0.4, -0.2) is 78.2 Å². The molecule has 3 heterocycles. The van der Waals surface area contributed by atoms with Crippen LogP contribution in [0, 0.1) is 23.5 Å². The molecule has 39 heavy (non-hydrogen) atoms. The monoisotopic (exact) mass is 555 g/mol. The van der Waals surface area contributed by atoms with Gasteiger partial charge in [-0.15, -0.1) is 0 Å². The van der Waals surface area contributed by atoms with Gasteiger partial charge in [-0.3, -0.25) is 14.2 Å². The fraction of sp³-hybridized carbons (Fsp3) is 0.500. The molecule has 5 rings (SSSR count). The van der Waals surface area contributed by atoms with Crippen molar-refractivity contribution in [2.75, 3.05) is 46.1 Å². The average molecular weight is 556 g/mol. The zero-order valence-corrected chi connectivity index (χ0v) is 21.4. The van der Waals surface area contributed by atoms with Crippen LogP contribution in [-0.2, 0) is 6.42 Å². The van der Waals surface area contributed by atoms with Gasteiger partial charge in [0.2, 0.25) is 0 Å². The predicted octanol–water partition coefficient (Wildman–Crippen LogP) is 5.23. The fourth-order valence-corrected chi connectivity index (χ4v) is 5.78. The van der Waals surface area contributed by atoms with Crippen molar-refractivity contribution >= 4 is 10.9 Å². The second kappa shape index (κ2) is 11.0. The van der Waals surface area contributed by atoms with Crippen molar-refractivity contribution in [1.82, 2.24) is 14.8 Å². The van der Waals surface area contributed by atoms with Gasteiger partial charge in [-0.2, -0.15) is 13.2 Å².